The second kappa shape index (κ2) is 6.11. The highest BCUT2D eigenvalue weighted by molar-refractivity contribution is 7.86. The Bertz CT molecular complexity index is 688. The molecule has 0 aromatic carbocycles. The summed E-state index contributed by atoms with van der Waals surface area (Å²) in [5.74, 6) is 0. The molecule has 1 saturated heterocycles. The maximum Gasteiger partial charge on any atom is 0.276 e. The summed E-state index contributed by atoms with van der Waals surface area (Å²) in [6.45, 7) is 3.11. The molecule has 0 atom stereocenters. The predicted molar refractivity (Wildman–Crippen MR) is 85.4 cm³/mol. The van der Waals surface area contributed by atoms with E-state index < -0.39 is 10.2 Å². The Kier molecular flexibility index (Phi) is 4.38. The Morgan fingerprint density at radius 2 is 2.05 bits per heavy atom. The SMILES string of the molecule is NS(=O)(=O)N1CCN(Cc2cnc(-c3ccsc3)s2)CC1. The monoisotopic (exact) mass is 344 g/mol. The molecule has 0 bridgehead atoms. The van der Waals surface area contributed by atoms with Gasteiger partial charge in [0, 0.05) is 54.7 Å². The van der Waals surface area contributed by atoms with E-state index in [4.69, 9.17) is 5.14 Å². The van der Waals surface area contributed by atoms with Crippen LogP contribution in [0.1, 0.15) is 4.88 Å². The average molecular weight is 344 g/mol. The van der Waals surface area contributed by atoms with Gasteiger partial charge >= 0.3 is 0 Å². The van der Waals surface area contributed by atoms with Gasteiger partial charge < -0.3 is 0 Å². The zero-order valence-corrected chi connectivity index (χ0v) is 13.8. The minimum atomic E-state index is -3.55. The molecule has 114 valence electrons. The first-order valence-electron chi connectivity index (χ1n) is 6.50. The van der Waals surface area contributed by atoms with E-state index in [1.807, 2.05) is 11.6 Å². The van der Waals surface area contributed by atoms with Gasteiger partial charge in [0.1, 0.15) is 5.01 Å². The highest BCUT2D eigenvalue weighted by atomic mass is 32.2. The van der Waals surface area contributed by atoms with Gasteiger partial charge in [-0.1, -0.05) is 0 Å². The molecule has 2 aromatic rings. The van der Waals surface area contributed by atoms with Crippen LogP contribution >= 0.6 is 22.7 Å². The van der Waals surface area contributed by atoms with Crippen LogP contribution in [-0.4, -0.2) is 48.8 Å². The predicted octanol–water partition coefficient (Wildman–Crippen LogP) is 1.19. The molecular formula is C12H16N4O2S3. The number of nitrogens with zero attached hydrogens (tertiary/aromatic N) is 3. The molecular weight excluding hydrogens is 328 g/mol. The first kappa shape index (κ1) is 15.1. The van der Waals surface area contributed by atoms with E-state index in [0.717, 1.165) is 17.1 Å². The van der Waals surface area contributed by atoms with Crippen LogP contribution in [0, 0.1) is 0 Å². The first-order chi connectivity index (χ1) is 10.0. The van der Waals surface area contributed by atoms with Crippen LogP contribution in [0.25, 0.3) is 10.6 Å². The maximum atomic E-state index is 11.3. The van der Waals surface area contributed by atoms with Crippen molar-refractivity contribution in [3.8, 4) is 10.6 Å². The topological polar surface area (TPSA) is 79.5 Å². The van der Waals surface area contributed by atoms with Crippen molar-refractivity contribution in [1.82, 2.24) is 14.2 Å². The van der Waals surface area contributed by atoms with Crippen LogP contribution in [0.5, 0.6) is 0 Å². The molecule has 0 spiro atoms. The minimum Gasteiger partial charge on any atom is -0.296 e. The van der Waals surface area contributed by atoms with Crippen LogP contribution < -0.4 is 5.14 Å². The smallest absolute Gasteiger partial charge is 0.276 e. The van der Waals surface area contributed by atoms with E-state index in [-0.39, 0.29) is 0 Å². The van der Waals surface area contributed by atoms with Crippen molar-refractivity contribution in [1.29, 1.82) is 0 Å². The van der Waals surface area contributed by atoms with Gasteiger partial charge in [-0.25, -0.2) is 10.1 Å². The summed E-state index contributed by atoms with van der Waals surface area (Å²) in [5.41, 5.74) is 1.16. The number of thiazole rings is 1. The Morgan fingerprint density at radius 3 is 2.67 bits per heavy atom. The van der Waals surface area contributed by atoms with Gasteiger partial charge in [-0.15, -0.1) is 11.3 Å². The van der Waals surface area contributed by atoms with Gasteiger partial charge in [0.05, 0.1) is 0 Å². The van der Waals surface area contributed by atoms with Crippen LogP contribution in [-0.2, 0) is 16.8 Å². The summed E-state index contributed by atoms with van der Waals surface area (Å²) in [4.78, 5) is 7.87. The molecule has 0 aliphatic carbocycles. The highest BCUT2D eigenvalue weighted by Gasteiger charge is 2.24. The number of hydrogen-bond donors (Lipinski definition) is 1. The second-order valence-corrected chi connectivity index (χ2v) is 8.31. The summed E-state index contributed by atoms with van der Waals surface area (Å²) in [5, 5.41) is 10.3. The molecule has 1 fully saturated rings. The maximum absolute atomic E-state index is 11.3. The van der Waals surface area contributed by atoms with E-state index in [1.54, 1.807) is 22.7 Å². The summed E-state index contributed by atoms with van der Waals surface area (Å²) >= 11 is 3.35. The van der Waals surface area contributed by atoms with Gasteiger partial charge in [0.2, 0.25) is 0 Å². The highest BCUT2D eigenvalue weighted by Crippen LogP contribution is 2.27. The quantitative estimate of drug-likeness (QED) is 0.904. The molecule has 21 heavy (non-hydrogen) atoms. The Labute approximate surface area is 132 Å². The van der Waals surface area contributed by atoms with Crippen molar-refractivity contribution in [2.75, 3.05) is 26.2 Å². The summed E-state index contributed by atoms with van der Waals surface area (Å²) < 4.78 is 23.9. The molecule has 9 heteroatoms. The Balaban J connectivity index is 1.59. The fraction of sp³-hybridized carbons (Fsp3) is 0.417. The number of hydrogen-bond acceptors (Lipinski definition) is 6. The molecule has 1 aliphatic rings. The molecule has 2 N–H and O–H groups in total. The minimum absolute atomic E-state index is 0.453. The lowest BCUT2D eigenvalue weighted by Gasteiger charge is -2.32. The number of thiophene rings is 1. The molecule has 0 amide bonds. The van der Waals surface area contributed by atoms with Gasteiger partial charge in [-0.2, -0.15) is 24.1 Å². The average Bonchev–Trinajstić information content (AvgIpc) is 3.08. The van der Waals surface area contributed by atoms with Gasteiger partial charge in [0.25, 0.3) is 10.2 Å². The summed E-state index contributed by atoms with van der Waals surface area (Å²) in [6, 6.07) is 2.07. The Hall–Kier alpha value is -0.840. The normalized spacial score (nSPS) is 18.1. The van der Waals surface area contributed by atoms with E-state index >= 15 is 0 Å². The van der Waals surface area contributed by atoms with Crippen LogP contribution in [0.3, 0.4) is 0 Å². The zero-order valence-electron chi connectivity index (χ0n) is 11.3. The lowest BCUT2D eigenvalue weighted by atomic mass is 10.3. The lowest BCUT2D eigenvalue weighted by molar-refractivity contribution is 0.183. The molecule has 3 rings (SSSR count). The van der Waals surface area contributed by atoms with E-state index in [0.29, 0.717) is 26.2 Å². The summed E-state index contributed by atoms with van der Waals surface area (Å²) in [6.07, 6.45) is 1.91. The van der Waals surface area contributed by atoms with Crippen LogP contribution in [0.4, 0.5) is 0 Å². The second-order valence-electron chi connectivity index (χ2n) is 4.86. The van der Waals surface area contributed by atoms with Gasteiger partial charge in [-0.05, 0) is 11.4 Å². The van der Waals surface area contributed by atoms with Gasteiger partial charge in [0.15, 0.2) is 0 Å². The fourth-order valence-electron chi connectivity index (χ4n) is 2.26. The molecule has 6 nitrogen and oxygen atoms in total. The molecule has 0 unspecified atom stereocenters. The van der Waals surface area contributed by atoms with E-state index in [2.05, 4.69) is 21.3 Å². The number of aromatic nitrogens is 1. The van der Waals surface area contributed by atoms with Crippen molar-refractivity contribution in [2.45, 2.75) is 6.54 Å². The molecule has 0 radical (unpaired) electrons. The van der Waals surface area contributed by atoms with Crippen molar-refractivity contribution in [2.24, 2.45) is 5.14 Å². The van der Waals surface area contributed by atoms with Crippen LogP contribution in [0.15, 0.2) is 23.0 Å². The number of nitrogens with two attached hydrogens (primary N) is 1. The number of rotatable bonds is 4. The third-order valence-electron chi connectivity index (χ3n) is 3.39. The van der Waals surface area contributed by atoms with Crippen LogP contribution in [0.2, 0.25) is 0 Å². The zero-order chi connectivity index (χ0) is 14.9. The molecule has 0 saturated carbocycles. The number of piperazine rings is 1. The largest absolute Gasteiger partial charge is 0.296 e. The first-order valence-corrected chi connectivity index (χ1v) is 9.76. The molecule has 1 aliphatic heterocycles. The van der Waals surface area contributed by atoms with Crippen molar-refractivity contribution in [3.63, 3.8) is 0 Å². The Morgan fingerprint density at radius 1 is 1.29 bits per heavy atom. The molecule has 2 aromatic heterocycles. The lowest BCUT2D eigenvalue weighted by Crippen LogP contribution is -2.50. The third kappa shape index (κ3) is 3.68. The molecule has 3 heterocycles. The van der Waals surface area contributed by atoms with Crippen molar-refractivity contribution < 1.29 is 8.42 Å². The fourth-order valence-corrected chi connectivity index (χ4v) is 4.60. The standard InChI is InChI=1S/C12H16N4O2S3/c13-21(17,18)16-4-2-15(3-5-16)8-11-7-14-12(20-11)10-1-6-19-9-10/h1,6-7,9H,2-5,8H2,(H2,13,17,18). The van der Waals surface area contributed by atoms with Gasteiger partial charge in [-0.3, -0.25) is 4.90 Å². The van der Waals surface area contributed by atoms with E-state index in [1.165, 1.54) is 9.18 Å². The summed E-state index contributed by atoms with van der Waals surface area (Å²) in [7, 11) is -3.55. The van der Waals surface area contributed by atoms with Crippen molar-refractivity contribution >= 4 is 32.9 Å². The third-order valence-corrected chi connectivity index (χ3v) is 6.19. The van der Waals surface area contributed by atoms with Crippen molar-refractivity contribution in [3.05, 3.63) is 27.9 Å². The van der Waals surface area contributed by atoms with E-state index in [9.17, 15) is 8.42 Å².